The molecule has 1 aromatic carbocycles. The lowest BCUT2D eigenvalue weighted by molar-refractivity contribution is 0.437. The SMILES string of the molecule is Cc1ccc(I)c2c1CCC21CCCC1. The maximum absolute atomic E-state index is 2.54. The average molecular weight is 312 g/mol. The lowest BCUT2D eigenvalue weighted by atomic mass is 9.80. The highest BCUT2D eigenvalue weighted by Crippen LogP contribution is 2.52. The number of aryl methyl sites for hydroxylation is 1. The van der Waals surface area contributed by atoms with Gasteiger partial charge in [0.25, 0.3) is 0 Å². The third-order valence-corrected chi connectivity index (χ3v) is 5.34. The van der Waals surface area contributed by atoms with E-state index in [1.54, 1.807) is 11.1 Å². The molecule has 0 heterocycles. The predicted molar refractivity (Wildman–Crippen MR) is 72.4 cm³/mol. The maximum atomic E-state index is 2.54. The van der Waals surface area contributed by atoms with Crippen molar-refractivity contribution in [1.29, 1.82) is 0 Å². The summed E-state index contributed by atoms with van der Waals surface area (Å²) < 4.78 is 1.52. The zero-order valence-corrected chi connectivity index (χ0v) is 11.4. The van der Waals surface area contributed by atoms with Crippen molar-refractivity contribution in [3.05, 3.63) is 32.4 Å². The van der Waals surface area contributed by atoms with Crippen LogP contribution in [0.15, 0.2) is 12.1 Å². The minimum Gasteiger partial charge on any atom is -0.0580 e. The molecule has 3 rings (SSSR count). The second kappa shape index (κ2) is 3.47. The van der Waals surface area contributed by atoms with Gasteiger partial charge in [-0.25, -0.2) is 0 Å². The first-order valence-electron chi connectivity index (χ1n) is 6.01. The van der Waals surface area contributed by atoms with Crippen molar-refractivity contribution in [2.45, 2.75) is 50.9 Å². The Kier molecular flexibility index (Phi) is 2.35. The highest BCUT2D eigenvalue weighted by Gasteiger charge is 2.42. The second-order valence-corrected chi connectivity index (χ2v) is 6.37. The molecule has 80 valence electrons. The molecule has 0 aliphatic heterocycles. The van der Waals surface area contributed by atoms with Crippen LogP contribution < -0.4 is 0 Å². The Balaban J connectivity index is 2.20. The van der Waals surface area contributed by atoms with Crippen LogP contribution in [0.25, 0.3) is 0 Å². The molecule has 0 saturated heterocycles. The van der Waals surface area contributed by atoms with Crippen molar-refractivity contribution in [3.8, 4) is 0 Å². The molecule has 0 bridgehead atoms. The van der Waals surface area contributed by atoms with Crippen molar-refractivity contribution in [2.24, 2.45) is 0 Å². The number of rotatable bonds is 0. The van der Waals surface area contributed by atoms with E-state index in [1.165, 1.54) is 47.7 Å². The summed E-state index contributed by atoms with van der Waals surface area (Å²) in [6.45, 7) is 2.28. The molecule has 0 unspecified atom stereocenters. The van der Waals surface area contributed by atoms with Crippen molar-refractivity contribution in [3.63, 3.8) is 0 Å². The van der Waals surface area contributed by atoms with Crippen molar-refractivity contribution in [1.82, 2.24) is 0 Å². The molecule has 0 aromatic heterocycles. The third kappa shape index (κ3) is 1.38. The highest BCUT2D eigenvalue weighted by atomic mass is 127. The topological polar surface area (TPSA) is 0 Å². The fourth-order valence-corrected chi connectivity index (χ4v) is 4.74. The number of hydrogen-bond acceptors (Lipinski definition) is 0. The zero-order chi connectivity index (χ0) is 10.5. The van der Waals surface area contributed by atoms with E-state index in [4.69, 9.17) is 0 Å². The smallest absolute Gasteiger partial charge is 0.0170 e. The van der Waals surface area contributed by atoms with Crippen molar-refractivity contribution >= 4 is 22.6 Å². The van der Waals surface area contributed by atoms with E-state index in [9.17, 15) is 0 Å². The van der Waals surface area contributed by atoms with E-state index in [0.29, 0.717) is 5.41 Å². The molecular weight excluding hydrogens is 295 g/mol. The van der Waals surface area contributed by atoms with Gasteiger partial charge in [0.1, 0.15) is 0 Å². The van der Waals surface area contributed by atoms with Gasteiger partial charge in [-0.05, 0) is 83.4 Å². The molecule has 1 fully saturated rings. The van der Waals surface area contributed by atoms with Crippen LogP contribution in [0, 0.1) is 10.5 Å². The van der Waals surface area contributed by atoms with Crippen LogP contribution >= 0.6 is 22.6 Å². The van der Waals surface area contributed by atoms with Crippen molar-refractivity contribution < 1.29 is 0 Å². The fourth-order valence-electron chi connectivity index (χ4n) is 3.66. The Morgan fingerprint density at radius 3 is 2.60 bits per heavy atom. The number of benzene rings is 1. The van der Waals surface area contributed by atoms with Gasteiger partial charge >= 0.3 is 0 Å². The summed E-state index contributed by atoms with van der Waals surface area (Å²) in [5, 5.41) is 0. The quantitative estimate of drug-likeness (QED) is 0.625. The molecule has 0 amide bonds. The Bertz CT molecular complexity index is 400. The van der Waals surface area contributed by atoms with E-state index in [2.05, 4.69) is 41.6 Å². The molecule has 0 radical (unpaired) electrons. The van der Waals surface area contributed by atoms with Gasteiger partial charge in [0.2, 0.25) is 0 Å². The summed E-state index contributed by atoms with van der Waals surface area (Å²) in [7, 11) is 0. The first-order chi connectivity index (χ1) is 7.23. The van der Waals surface area contributed by atoms with Gasteiger partial charge in [-0.3, -0.25) is 0 Å². The van der Waals surface area contributed by atoms with Crippen LogP contribution in [0.5, 0.6) is 0 Å². The second-order valence-electron chi connectivity index (χ2n) is 5.21. The van der Waals surface area contributed by atoms with Crippen LogP contribution in [0.4, 0.5) is 0 Å². The summed E-state index contributed by atoms with van der Waals surface area (Å²) >= 11 is 2.54. The molecule has 2 aliphatic carbocycles. The number of halogens is 1. The number of hydrogen-bond donors (Lipinski definition) is 0. The fraction of sp³-hybridized carbons (Fsp3) is 0.571. The van der Waals surface area contributed by atoms with Crippen LogP contribution in [-0.2, 0) is 11.8 Å². The first kappa shape index (κ1) is 10.1. The Morgan fingerprint density at radius 1 is 1.13 bits per heavy atom. The Morgan fingerprint density at radius 2 is 1.87 bits per heavy atom. The first-order valence-corrected chi connectivity index (χ1v) is 7.09. The summed E-state index contributed by atoms with van der Waals surface area (Å²) in [4.78, 5) is 0. The Labute approximate surface area is 106 Å². The van der Waals surface area contributed by atoms with E-state index in [-0.39, 0.29) is 0 Å². The molecule has 0 N–H and O–H groups in total. The lowest BCUT2D eigenvalue weighted by Gasteiger charge is -2.25. The van der Waals surface area contributed by atoms with Gasteiger partial charge in [-0.2, -0.15) is 0 Å². The predicted octanol–water partition coefficient (Wildman–Crippen LogP) is 4.36. The monoisotopic (exact) mass is 312 g/mol. The minimum atomic E-state index is 0.595. The van der Waals surface area contributed by atoms with E-state index < -0.39 is 0 Å². The summed E-state index contributed by atoms with van der Waals surface area (Å²) in [5.74, 6) is 0. The normalized spacial score (nSPS) is 22.3. The van der Waals surface area contributed by atoms with Gasteiger partial charge in [0.05, 0.1) is 0 Å². The van der Waals surface area contributed by atoms with Crippen LogP contribution in [0.2, 0.25) is 0 Å². The third-order valence-electron chi connectivity index (χ3n) is 4.44. The van der Waals surface area contributed by atoms with Crippen molar-refractivity contribution in [2.75, 3.05) is 0 Å². The molecule has 2 aliphatic rings. The van der Waals surface area contributed by atoms with Gasteiger partial charge in [0.15, 0.2) is 0 Å². The van der Waals surface area contributed by atoms with Crippen LogP contribution in [-0.4, -0.2) is 0 Å². The summed E-state index contributed by atoms with van der Waals surface area (Å²) in [6, 6.07) is 4.62. The molecular formula is C14H17I. The van der Waals surface area contributed by atoms with Gasteiger partial charge in [0, 0.05) is 3.57 Å². The Hall–Kier alpha value is -0.0500. The maximum Gasteiger partial charge on any atom is 0.0170 e. The standard InChI is InChI=1S/C14H17I/c1-10-4-5-12(15)13-11(10)6-9-14(13)7-2-3-8-14/h4-5H,2-3,6-9H2,1H3. The van der Waals surface area contributed by atoms with Gasteiger partial charge in [-0.15, -0.1) is 0 Å². The van der Waals surface area contributed by atoms with E-state index in [1.807, 2.05) is 0 Å². The summed E-state index contributed by atoms with van der Waals surface area (Å²) in [6.07, 6.45) is 8.53. The molecule has 0 nitrogen and oxygen atoms in total. The molecule has 15 heavy (non-hydrogen) atoms. The molecule has 0 atom stereocenters. The summed E-state index contributed by atoms with van der Waals surface area (Å²) in [5.41, 5.74) is 5.54. The molecule has 1 spiro atoms. The van der Waals surface area contributed by atoms with E-state index >= 15 is 0 Å². The number of fused-ring (bicyclic) bond motifs is 2. The minimum absolute atomic E-state index is 0.595. The highest BCUT2D eigenvalue weighted by molar-refractivity contribution is 14.1. The molecule has 1 saturated carbocycles. The largest absolute Gasteiger partial charge is 0.0580 e. The van der Waals surface area contributed by atoms with Crippen LogP contribution in [0.1, 0.15) is 48.8 Å². The van der Waals surface area contributed by atoms with Gasteiger partial charge < -0.3 is 0 Å². The lowest BCUT2D eigenvalue weighted by Crippen LogP contribution is -2.19. The van der Waals surface area contributed by atoms with E-state index in [0.717, 1.165) is 0 Å². The van der Waals surface area contributed by atoms with Gasteiger partial charge in [-0.1, -0.05) is 18.9 Å². The zero-order valence-electron chi connectivity index (χ0n) is 9.28. The average Bonchev–Trinajstić information content (AvgIpc) is 2.83. The molecule has 1 heteroatoms. The molecule has 1 aromatic rings. The van der Waals surface area contributed by atoms with Crippen LogP contribution in [0.3, 0.4) is 0 Å².